The van der Waals surface area contributed by atoms with Crippen molar-refractivity contribution in [3.63, 3.8) is 0 Å². The topological polar surface area (TPSA) is 41.1 Å². The molecule has 1 aliphatic rings. The molecule has 1 aromatic rings. The Hall–Kier alpha value is -1.16. The summed E-state index contributed by atoms with van der Waals surface area (Å²) in [4.78, 5) is 11.7. The van der Waals surface area contributed by atoms with Crippen molar-refractivity contribution >= 4 is 5.95 Å². The van der Waals surface area contributed by atoms with Crippen LogP contribution in [0.5, 0.6) is 0 Å². The van der Waals surface area contributed by atoms with Gasteiger partial charge >= 0.3 is 0 Å². The van der Waals surface area contributed by atoms with E-state index < -0.39 is 0 Å². The first-order valence-corrected chi connectivity index (χ1v) is 7.04. The van der Waals surface area contributed by atoms with Gasteiger partial charge < -0.3 is 10.2 Å². The molecule has 1 aromatic heterocycles. The Morgan fingerprint density at radius 1 is 1.28 bits per heavy atom. The molecule has 0 atom stereocenters. The second-order valence-corrected chi connectivity index (χ2v) is 5.18. The monoisotopic (exact) mass is 248 g/mol. The summed E-state index contributed by atoms with van der Waals surface area (Å²) in [5, 5.41) is 3.42. The third kappa shape index (κ3) is 3.19. The summed E-state index contributed by atoms with van der Waals surface area (Å²) in [5.41, 5.74) is 2.31. The minimum atomic E-state index is 0.460. The van der Waals surface area contributed by atoms with Crippen molar-refractivity contribution < 1.29 is 0 Å². The highest BCUT2D eigenvalue weighted by molar-refractivity contribution is 5.33. The lowest BCUT2D eigenvalue weighted by molar-refractivity contribution is 0.724. The maximum absolute atomic E-state index is 4.73. The molecule has 1 N–H and O–H groups in total. The summed E-state index contributed by atoms with van der Waals surface area (Å²) in [6, 6.07) is 2.14. The van der Waals surface area contributed by atoms with Gasteiger partial charge in [0.2, 0.25) is 5.95 Å². The van der Waals surface area contributed by atoms with Gasteiger partial charge in [0.05, 0.1) is 0 Å². The lowest BCUT2D eigenvalue weighted by Gasteiger charge is -2.21. The van der Waals surface area contributed by atoms with E-state index in [0.29, 0.717) is 5.92 Å². The molecule has 4 heteroatoms. The number of nitrogens with zero attached hydrogens (tertiary/aromatic N) is 3. The van der Waals surface area contributed by atoms with Gasteiger partial charge in [-0.3, -0.25) is 0 Å². The molecule has 0 unspecified atom stereocenters. The van der Waals surface area contributed by atoms with E-state index >= 15 is 0 Å². The molecule has 0 spiro atoms. The second kappa shape index (κ2) is 6.14. The van der Waals surface area contributed by atoms with Crippen molar-refractivity contribution in [3.05, 3.63) is 17.5 Å². The van der Waals surface area contributed by atoms with Crippen molar-refractivity contribution in [2.75, 3.05) is 31.1 Å². The standard InChI is InChI=1S/C14H24N4/c1-4-12-10-13(11(2)3)17-14(16-12)18-8-5-6-15-7-9-18/h10-11,15H,4-9H2,1-3H3. The molecule has 0 aliphatic carbocycles. The molecule has 0 bridgehead atoms. The van der Waals surface area contributed by atoms with Gasteiger partial charge in [0.1, 0.15) is 0 Å². The Bertz CT molecular complexity index is 381. The molecule has 0 saturated carbocycles. The largest absolute Gasteiger partial charge is 0.339 e. The molecule has 1 saturated heterocycles. The molecule has 2 rings (SSSR count). The number of anilines is 1. The second-order valence-electron chi connectivity index (χ2n) is 5.18. The average molecular weight is 248 g/mol. The van der Waals surface area contributed by atoms with Crippen LogP contribution in [0.15, 0.2) is 6.07 Å². The highest BCUT2D eigenvalue weighted by atomic mass is 15.3. The molecule has 0 amide bonds. The fourth-order valence-corrected chi connectivity index (χ4v) is 2.17. The van der Waals surface area contributed by atoms with Crippen LogP contribution in [0.2, 0.25) is 0 Å². The van der Waals surface area contributed by atoms with E-state index in [1.165, 1.54) is 0 Å². The van der Waals surface area contributed by atoms with Gasteiger partial charge in [0.25, 0.3) is 0 Å². The number of hydrogen-bond donors (Lipinski definition) is 1. The molecular formula is C14H24N4. The number of rotatable bonds is 3. The Morgan fingerprint density at radius 2 is 2.11 bits per heavy atom. The molecule has 2 heterocycles. The zero-order valence-electron chi connectivity index (χ0n) is 11.7. The molecule has 4 nitrogen and oxygen atoms in total. The third-order valence-corrected chi connectivity index (χ3v) is 3.36. The first-order chi connectivity index (χ1) is 8.70. The van der Waals surface area contributed by atoms with E-state index in [2.05, 4.69) is 42.0 Å². The Balaban J connectivity index is 2.27. The van der Waals surface area contributed by atoms with E-state index in [4.69, 9.17) is 4.98 Å². The Labute approximate surface area is 110 Å². The van der Waals surface area contributed by atoms with Gasteiger partial charge in [-0.15, -0.1) is 0 Å². The minimum absolute atomic E-state index is 0.460. The zero-order chi connectivity index (χ0) is 13.0. The maximum Gasteiger partial charge on any atom is 0.225 e. The van der Waals surface area contributed by atoms with Gasteiger partial charge in [0, 0.05) is 31.0 Å². The van der Waals surface area contributed by atoms with Gasteiger partial charge in [-0.1, -0.05) is 20.8 Å². The summed E-state index contributed by atoms with van der Waals surface area (Å²) >= 11 is 0. The predicted octanol–water partition coefficient (Wildman–Crippen LogP) is 1.96. The third-order valence-electron chi connectivity index (χ3n) is 3.36. The zero-order valence-corrected chi connectivity index (χ0v) is 11.7. The molecule has 18 heavy (non-hydrogen) atoms. The van der Waals surface area contributed by atoms with E-state index in [-0.39, 0.29) is 0 Å². The number of aryl methyl sites for hydroxylation is 1. The molecule has 1 fully saturated rings. The van der Waals surface area contributed by atoms with Crippen molar-refractivity contribution in [1.82, 2.24) is 15.3 Å². The molecular weight excluding hydrogens is 224 g/mol. The smallest absolute Gasteiger partial charge is 0.225 e. The van der Waals surface area contributed by atoms with Crippen LogP contribution in [-0.2, 0) is 6.42 Å². The Kier molecular flexibility index (Phi) is 4.53. The first-order valence-electron chi connectivity index (χ1n) is 7.04. The summed E-state index contributed by atoms with van der Waals surface area (Å²) in [7, 11) is 0. The van der Waals surface area contributed by atoms with Crippen LogP contribution in [0.3, 0.4) is 0 Å². The van der Waals surface area contributed by atoms with E-state index in [9.17, 15) is 0 Å². The Morgan fingerprint density at radius 3 is 2.83 bits per heavy atom. The lowest BCUT2D eigenvalue weighted by Crippen LogP contribution is -2.30. The number of aromatic nitrogens is 2. The molecule has 1 aliphatic heterocycles. The van der Waals surface area contributed by atoms with Gasteiger partial charge in [-0.25, -0.2) is 9.97 Å². The summed E-state index contributed by atoms with van der Waals surface area (Å²) in [5.74, 6) is 1.38. The van der Waals surface area contributed by atoms with Gasteiger partial charge in [-0.05, 0) is 31.4 Å². The van der Waals surface area contributed by atoms with Crippen LogP contribution >= 0.6 is 0 Å². The minimum Gasteiger partial charge on any atom is -0.339 e. The quantitative estimate of drug-likeness (QED) is 0.888. The van der Waals surface area contributed by atoms with Crippen molar-refractivity contribution in [3.8, 4) is 0 Å². The SMILES string of the molecule is CCc1cc(C(C)C)nc(N2CCCNCC2)n1. The number of hydrogen-bond acceptors (Lipinski definition) is 4. The van der Waals surface area contributed by atoms with Gasteiger partial charge in [0.15, 0.2) is 0 Å². The van der Waals surface area contributed by atoms with E-state index in [0.717, 1.165) is 56.4 Å². The van der Waals surface area contributed by atoms with Crippen molar-refractivity contribution in [1.29, 1.82) is 0 Å². The molecule has 100 valence electrons. The molecule has 0 aromatic carbocycles. The summed E-state index contributed by atoms with van der Waals surface area (Å²) in [6.45, 7) is 10.7. The number of nitrogens with one attached hydrogen (secondary N) is 1. The highest BCUT2D eigenvalue weighted by Crippen LogP contribution is 2.18. The van der Waals surface area contributed by atoms with Crippen molar-refractivity contribution in [2.24, 2.45) is 0 Å². The fraction of sp³-hybridized carbons (Fsp3) is 0.714. The normalized spacial score (nSPS) is 17.0. The summed E-state index contributed by atoms with van der Waals surface area (Å²) < 4.78 is 0. The van der Waals surface area contributed by atoms with Crippen LogP contribution in [-0.4, -0.2) is 36.1 Å². The van der Waals surface area contributed by atoms with E-state index in [1.54, 1.807) is 0 Å². The van der Waals surface area contributed by atoms with Crippen LogP contribution < -0.4 is 10.2 Å². The van der Waals surface area contributed by atoms with Gasteiger partial charge in [-0.2, -0.15) is 0 Å². The van der Waals surface area contributed by atoms with Crippen LogP contribution in [0.1, 0.15) is 44.5 Å². The maximum atomic E-state index is 4.73. The molecule has 0 radical (unpaired) electrons. The predicted molar refractivity (Wildman–Crippen MR) is 75.2 cm³/mol. The highest BCUT2D eigenvalue weighted by Gasteiger charge is 2.14. The van der Waals surface area contributed by atoms with Crippen LogP contribution in [0.25, 0.3) is 0 Å². The van der Waals surface area contributed by atoms with E-state index in [1.807, 2.05) is 0 Å². The average Bonchev–Trinajstić information content (AvgIpc) is 2.67. The lowest BCUT2D eigenvalue weighted by atomic mass is 10.1. The van der Waals surface area contributed by atoms with Crippen LogP contribution in [0.4, 0.5) is 5.95 Å². The summed E-state index contributed by atoms with van der Waals surface area (Å²) in [6.07, 6.45) is 2.14. The van der Waals surface area contributed by atoms with Crippen LogP contribution in [0, 0.1) is 0 Å². The fourth-order valence-electron chi connectivity index (χ4n) is 2.17. The van der Waals surface area contributed by atoms with Crippen molar-refractivity contribution in [2.45, 2.75) is 39.5 Å². The first kappa shape index (κ1) is 13.3.